The van der Waals surface area contributed by atoms with Gasteiger partial charge in [0.25, 0.3) is 0 Å². The average Bonchev–Trinajstić information content (AvgIpc) is 2.74. The van der Waals surface area contributed by atoms with E-state index >= 15 is 0 Å². The van der Waals surface area contributed by atoms with E-state index < -0.39 is 11.5 Å². The summed E-state index contributed by atoms with van der Waals surface area (Å²) in [6.45, 7) is 6.80. The number of likely N-dealkylation sites (tertiary alicyclic amines) is 1. The molecule has 1 aliphatic heterocycles. The van der Waals surface area contributed by atoms with Gasteiger partial charge in [-0.3, -0.25) is 4.90 Å². The molecule has 1 aromatic carbocycles. The van der Waals surface area contributed by atoms with Gasteiger partial charge >= 0.3 is 5.97 Å². The van der Waals surface area contributed by atoms with Crippen molar-refractivity contribution in [2.45, 2.75) is 45.2 Å². The number of aliphatic carboxylic acids is 1. The minimum atomic E-state index is -0.915. The van der Waals surface area contributed by atoms with Crippen LogP contribution in [0.4, 0.5) is 0 Å². The maximum absolute atomic E-state index is 11.8. The Kier molecular flexibility index (Phi) is 3.44. The maximum atomic E-state index is 11.8. The number of hydrogen-bond donors (Lipinski definition) is 1. The Morgan fingerprint density at radius 3 is 2.72 bits per heavy atom. The molecule has 18 heavy (non-hydrogen) atoms. The molecule has 1 aromatic rings. The van der Waals surface area contributed by atoms with Crippen LogP contribution in [0, 0.1) is 6.92 Å². The topological polar surface area (TPSA) is 40.5 Å². The molecule has 98 valence electrons. The van der Waals surface area contributed by atoms with E-state index in [1.54, 1.807) is 0 Å². The number of rotatable bonds is 3. The second-order valence-electron chi connectivity index (χ2n) is 5.43. The molecule has 0 saturated carbocycles. The first-order chi connectivity index (χ1) is 8.46. The molecule has 2 unspecified atom stereocenters. The SMILES string of the molecule is Cc1cccc(C(C)(C(=O)O)N2CCCC2C)c1. The second kappa shape index (κ2) is 4.73. The first kappa shape index (κ1) is 13.1. The van der Waals surface area contributed by atoms with Gasteiger partial charge in [0, 0.05) is 6.04 Å². The monoisotopic (exact) mass is 247 g/mol. The number of carboxylic acid groups (broad SMARTS) is 1. The number of hydrogen-bond acceptors (Lipinski definition) is 2. The first-order valence-electron chi connectivity index (χ1n) is 6.53. The van der Waals surface area contributed by atoms with Gasteiger partial charge < -0.3 is 5.11 Å². The second-order valence-corrected chi connectivity index (χ2v) is 5.43. The lowest BCUT2D eigenvalue weighted by Crippen LogP contribution is -2.51. The van der Waals surface area contributed by atoms with Gasteiger partial charge in [0.05, 0.1) is 0 Å². The summed E-state index contributed by atoms with van der Waals surface area (Å²) in [7, 11) is 0. The van der Waals surface area contributed by atoms with Gasteiger partial charge in [0.15, 0.2) is 0 Å². The molecule has 1 fully saturated rings. The Hall–Kier alpha value is -1.35. The summed E-state index contributed by atoms with van der Waals surface area (Å²) in [5, 5.41) is 9.71. The Morgan fingerprint density at radius 1 is 1.50 bits per heavy atom. The predicted octanol–water partition coefficient (Wildman–Crippen LogP) is 2.78. The van der Waals surface area contributed by atoms with E-state index in [2.05, 4.69) is 11.8 Å². The van der Waals surface area contributed by atoms with E-state index in [1.165, 1.54) is 0 Å². The highest BCUT2D eigenvalue weighted by Gasteiger charge is 2.45. The Balaban J connectivity index is 2.47. The van der Waals surface area contributed by atoms with Crippen molar-refractivity contribution < 1.29 is 9.90 Å². The molecule has 1 heterocycles. The molecule has 2 rings (SSSR count). The molecular formula is C15H21NO2. The average molecular weight is 247 g/mol. The van der Waals surface area contributed by atoms with Crippen LogP contribution in [0.3, 0.4) is 0 Å². The molecule has 0 aliphatic carbocycles. The van der Waals surface area contributed by atoms with Crippen molar-refractivity contribution >= 4 is 5.97 Å². The fourth-order valence-electron chi connectivity index (χ4n) is 2.96. The standard InChI is InChI=1S/C15H21NO2/c1-11-6-4-8-13(10-11)15(3,14(17)18)16-9-5-7-12(16)2/h4,6,8,10,12H,5,7,9H2,1-3H3,(H,17,18). The van der Waals surface area contributed by atoms with Gasteiger partial charge in [-0.1, -0.05) is 29.8 Å². The molecule has 1 aliphatic rings. The van der Waals surface area contributed by atoms with Crippen LogP contribution in [0.5, 0.6) is 0 Å². The Labute approximate surface area is 108 Å². The minimum absolute atomic E-state index is 0.326. The molecule has 1 N–H and O–H groups in total. The molecule has 0 bridgehead atoms. The molecule has 0 radical (unpaired) electrons. The van der Waals surface area contributed by atoms with Crippen molar-refractivity contribution in [2.75, 3.05) is 6.54 Å². The van der Waals surface area contributed by atoms with Crippen LogP contribution in [0.2, 0.25) is 0 Å². The van der Waals surface area contributed by atoms with Gasteiger partial charge in [-0.25, -0.2) is 4.79 Å². The summed E-state index contributed by atoms with van der Waals surface area (Å²) in [5.74, 6) is -0.762. The minimum Gasteiger partial charge on any atom is -0.480 e. The highest BCUT2D eigenvalue weighted by atomic mass is 16.4. The summed E-state index contributed by atoms with van der Waals surface area (Å²) in [6.07, 6.45) is 2.16. The normalized spacial score (nSPS) is 23.8. The van der Waals surface area contributed by atoms with Crippen LogP contribution in [0.15, 0.2) is 24.3 Å². The fraction of sp³-hybridized carbons (Fsp3) is 0.533. The Bertz CT molecular complexity index is 458. The molecule has 0 amide bonds. The van der Waals surface area contributed by atoms with E-state index in [4.69, 9.17) is 0 Å². The van der Waals surface area contributed by atoms with Crippen molar-refractivity contribution in [1.82, 2.24) is 4.90 Å². The van der Waals surface area contributed by atoms with Crippen LogP contribution in [0.1, 0.15) is 37.8 Å². The van der Waals surface area contributed by atoms with Gasteiger partial charge in [0.1, 0.15) is 5.54 Å². The largest absolute Gasteiger partial charge is 0.480 e. The summed E-state index contributed by atoms with van der Waals surface area (Å²) in [4.78, 5) is 13.9. The van der Waals surface area contributed by atoms with E-state index in [-0.39, 0.29) is 0 Å². The van der Waals surface area contributed by atoms with E-state index in [1.807, 2.05) is 38.1 Å². The summed E-state index contributed by atoms with van der Waals surface area (Å²) in [6, 6.07) is 8.17. The van der Waals surface area contributed by atoms with Crippen LogP contribution < -0.4 is 0 Å². The van der Waals surface area contributed by atoms with Crippen molar-refractivity contribution in [3.63, 3.8) is 0 Å². The number of nitrogens with zero attached hydrogens (tertiary/aromatic N) is 1. The van der Waals surface area contributed by atoms with Gasteiger partial charge in [0.2, 0.25) is 0 Å². The molecule has 1 saturated heterocycles. The zero-order chi connectivity index (χ0) is 13.3. The smallest absolute Gasteiger partial charge is 0.328 e. The van der Waals surface area contributed by atoms with Gasteiger partial charge in [-0.15, -0.1) is 0 Å². The summed E-state index contributed by atoms with van der Waals surface area (Å²) >= 11 is 0. The fourth-order valence-corrected chi connectivity index (χ4v) is 2.96. The maximum Gasteiger partial charge on any atom is 0.328 e. The zero-order valence-electron chi connectivity index (χ0n) is 11.3. The van der Waals surface area contributed by atoms with Gasteiger partial charge in [-0.05, 0) is 45.7 Å². The molecule has 3 heteroatoms. The molecule has 0 spiro atoms. The van der Waals surface area contributed by atoms with Crippen molar-refractivity contribution in [2.24, 2.45) is 0 Å². The van der Waals surface area contributed by atoms with Crippen molar-refractivity contribution in [3.05, 3.63) is 35.4 Å². The van der Waals surface area contributed by atoms with Gasteiger partial charge in [-0.2, -0.15) is 0 Å². The highest BCUT2D eigenvalue weighted by molar-refractivity contribution is 5.80. The zero-order valence-corrected chi connectivity index (χ0v) is 11.3. The van der Waals surface area contributed by atoms with E-state index in [9.17, 15) is 9.90 Å². The number of carboxylic acids is 1. The lowest BCUT2D eigenvalue weighted by atomic mass is 9.88. The molecule has 2 atom stereocenters. The van der Waals surface area contributed by atoms with Crippen molar-refractivity contribution in [1.29, 1.82) is 0 Å². The third-order valence-corrected chi connectivity index (χ3v) is 4.12. The van der Waals surface area contributed by atoms with E-state index in [0.29, 0.717) is 6.04 Å². The van der Waals surface area contributed by atoms with Crippen molar-refractivity contribution in [3.8, 4) is 0 Å². The summed E-state index contributed by atoms with van der Waals surface area (Å²) in [5.41, 5.74) is 1.07. The number of benzene rings is 1. The molecule has 0 aromatic heterocycles. The lowest BCUT2D eigenvalue weighted by molar-refractivity contribution is -0.152. The third-order valence-electron chi connectivity index (χ3n) is 4.12. The Morgan fingerprint density at radius 2 is 2.22 bits per heavy atom. The van der Waals surface area contributed by atoms with Crippen LogP contribution in [-0.4, -0.2) is 28.6 Å². The number of carbonyl (C=O) groups is 1. The van der Waals surface area contributed by atoms with Crippen LogP contribution in [-0.2, 0) is 10.3 Å². The summed E-state index contributed by atoms with van der Waals surface area (Å²) < 4.78 is 0. The quantitative estimate of drug-likeness (QED) is 0.893. The van der Waals surface area contributed by atoms with E-state index in [0.717, 1.165) is 30.5 Å². The number of aryl methyl sites for hydroxylation is 1. The van der Waals surface area contributed by atoms with Crippen LogP contribution >= 0.6 is 0 Å². The third kappa shape index (κ3) is 2.03. The predicted molar refractivity (Wildman–Crippen MR) is 71.6 cm³/mol. The highest BCUT2D eigenvalue weighted by Crippen LogP contribution is 2.35. The molecular weight excluding hydrogens is 226 g/mol. The van der Waals surface area contributed by atoms with Crippen LogP contribution in [0.25, 0.3) is 0 Å². The first-order valence-corrected chi connectivity index (χ1v) is 6.53. The molecule has 3 nitrogen and oxygen atoms in total. The lowest BCUT2D eigenvalue weighted by Gasteiger charge is -2.38.